The molecule has 2 amide bonds. The topological polar surface area (TPSA) is 53.1 Å². The molecule has 1 aromatic carbocycles. The number of piperidine rings is 1. The molecule has 1 atom stereocenters. The first-order valence-electron chi connectivity index (χ1n) is 9.54. The van der Waals surface area contributed by atoms with Crippen molar-refractivity contribution in [2.75, 3.05) is 46.3 Å². The molecular weight excluding hydrogens is 330 g/mol. The van der Waals surface area contributed by atoms with E-state index in [2.05, 4.69) is 29.2 Å². The third kappa shape index (κ3) is 3.43. The highest BCUT2D eigenvalue weighted by molar-refractivity contribution is 5.78. The number of ether oxygens (including phenoxy) is 1. The molecule has 1 aromatic rings. The smallest absolute Gasteiger partial charge is 0.410 e. The van der Waals surface area contributed by atoms with Gasteiger partial charge in [-0.2, -0.15) is 0 Å². The number of hydrogen-bond acceptors (Lipinski definition) is 4. The Morgan fingerprint density at radius 1 is 1.19 bits per heavy atom. The highest BCUT2D eigenvalue weighted by Crippen LogP contribution is 2.33. The minimum Gasteiger partial charge on any atom is -0.441 e. The molecule has 0 bridgehead atoms. The summed E-state index contributed by atoms with van der Waals surface area (Å²) in [7, 11) is 1.77. The van der Waals surface area contributed by atoms with Crippen molar-refractivity contribution in [1.29, 1.82) is 0 Å². The van der Waals surface area contributed by atoms with Crippen LogP contribution in [0.2, 0.25) is 0 Å². The largest absolute Gasteiger partial charge is 0.441 e. The van der Waals surface area contributed by atoms with Gasteiger partial charge in [-0.1, -0.05) is 30.3 Å². The normalized spacial score (nSPS) is 25.7. The Hall–Kier alpha value is -2.08. The lowest BCUT2D eigenvalue weighted by molar-refractivity contribution is -0.135. The summed E-state index contributed by atoms with van der Waals surface area (Å²) in [4.78, 5) is 30.2. The SMILES string of the molecule is CN1CC2(CCN(C(=O)CN3CCC(c4ccccc4)C3)CC2)OC1=O. The molecule has 3 aliphatic rings. The highest BCUT2D eigenvalue weighted by Gasteiger charge is 2.46. The van der Waals surface area contributed by atoms with Crippen LogP contribution in [0.4, 0.5) is 4.79 Å². The second kappa shape index (κ2) is 6.91. The fourth-order valence-electron chi connectivity index (χ4n) is 4.48. The van der Waals surface area contributed by atoms with E-state index in [0.717, 1.165) is 32.4 Å². The van der Waals surface area contributed by atoms with E-state index >= 15 is 0 Å². The van der Waals surface area contributed by atoms with Crippen molar-refractivity contribution >= 4 is 12.0 Å². The lowest BCUT2D eigenvalue weighted by Gasteiger charge is -2.37. The van der Waals surface area contributed by atoms with E-state index in [1.807, 2.05) is 11.0 Å². The standard InChI is InChI=1S/C20H27N3O3/c1-21-15-20(26-19(21)25)8-11-23(12-9-20)18(24)14-22-10-7-17(13-22)16-5-3-2-4-6-16/h2-6,17H,7-15H2,1H3. The van der Waals surface area contributed by atoms with E-state index in [-0.39, 0.29) is 17.6 Å². The average molecular weight is 357 g/mol. The van der Waals surface area contributed by atoms with Gasteiger partial charge in [-0.3, -0.25) is 9.69 Å². The van der Waals surface area contributed by atoms with Gasteiger partial charge in [0.2, 0.25) is 5.91 Å². The Morgan fingerprint density at radius 3 is 2.58 bits per heavy atom. The first kappa shape index (κ1) is 17.3. The van der Waals surface area contributed by atoms with Crippen LogP contribution in [0, 0.1) is 0 Å². The summed E-state index contributed by atoms with van der Waals surface area (Å²) in [5, 5.41) is 0. The van der Waals surface area contributed by atoms with Gasteiger partial charge in [0, 0.05) is 39.5 Å². The Kier molecular flexibility index (Phi) is 4.61. The fraction of sp³-hybridized carbons (Fsp3) is 0.600. The third-order valence-corrected chi connectivity index (χ3v) is 6.07. The van der Waals surface area contributed by atoms with Gasteiger partial charge in [-0.05, 0) is 24.4 Å². The van der Waals surface area contributed by atoms with Crippen LogP contribution < -0.4 is 0 Å². The van der Waals surface area contributed by atoms with E-state index in [9.17, 15) is 9.59 Å². The molecule has 140 valence electrons. The second-order valence-corrected chi connectivity index (χ2v) is 7.92. The quantitative estimate of drug-likeness (QED) is 0.829. The number of nitrogens with zero attached hydrogens (tertiary/aromatic N) is 3. The fourth-order valence-corrected chi connectivity index (χ4v) is 4.48. The van der Waals surface area contributed by atoms with Gasteiger partial charge in [0.15, 0.2) is 0 Å². The lowest BCUT2D eigenvalue weighted by atomic mass is 9.91. The van der Waals surface area contributed by atoms with E-state index in [1.165, 1.54) is 5.56 Å². The number of hydrogen-bond donors (Lipinski definition) is 0. The first-order chi connectivity index (χ1) is 12.5. The average Bonchev–Trinajstić information content (AvgIpc) is 3.21. The van der Waals surface area contributed by atoms with Crippen molar-refractivity contribution < 1.29 is 14.3 Å². The molecule has 0 radical (unpaired) electrons. The van der Waals surface area contributed by atoms with E-state index < -0.39 is 0 Å². The molecule has 6 heteroatoms. The number of likely N-dealkylation sites (N-methyl/N-ethyl adjacent to an activating group) is 1. The Morgan fingerprint density at radius 2 is 1.92 bits per heavy atom. The van der Waals surface area contributed by atoms with Crippen LogP contribution in [0.5, 0.6) is 0 Å². The van der Waals surface area contributed by atoms with Gasteiger partial charge < -0.3 is 14.5 Å². The molecule has 0 aromatic heterocycles. The molecule has 3 saturated heterocycles. The zero-order valence-electron chi connectivity index (χ0n) is 15.4. The number of likely N-dealkylation sites (tertiary alicyclic amines) is 2. The Bertz CT molecular complexity index is 670. The summed E-state index contributed by atoms with van der Waals surface area (Å²) in [5.41, 5.74) is 0.990. The highest BCUT2D eigenvalue weighted by atomic mass is 16.6. The van der Waals surface area contributed by atoms with E-state index in [0.29, 0.717) is 32.1 Å². The maximum absolute atomic E-state index is 12.7. The molecule has 3 aliphatic heterocycles. The van der Waals surface area contributed by atoms with E-state index in [1.54, 1.807) is 11.9 Å². The molecule has 0 aliphatic carbocycles. The van der Waals surface area contributed by atoms with E-state index in [4.69, 9.17) is 4.74 Å². The van der Waals surface area contributed by atoms with Crippen LogP contribution in [-0.4, -0.2) is 78.6 Å². The van der Waals surface area contributed by atoms with Crippen LogP contribution in [0.1, 0.15) is 30.7 Å². The predicted molar refractivity (Wildman–Crippen MR) is 97.9 cm³/mol. The molecule has 4 rings (SSSR count). The summed E-state index contributed by atoms with van der Waals surface area (Å²) >= 11 is 0. The molecule has 0 N–H and O–H groups in total. The number of amides is 2. The van der Waals surface area contributed by atoms with Crippen molar-refractivity contribution in [1.82, 2.24) is 14.7 Å². The maximum atomic E-state index is 12.7. The monoisotopic (exact) mass is 357 g/mol. The van der Waals surface area contributed by atoms with Crippen molar-refractivity contribution in [2.45, 2.75) is 30.8 Å². The first-order valence-corrected chi connectivity index (χ1v) is 9.54. The number of benzene rings is 1. The zero-order valence-corrected chi connectivity index (χ0v) is 15.4. The molecule has 1 spiro atoms. The summed E-state index contributed by atoms with van der Waals surface area (Å²) < 4.78 is 5.57. The van der Waals surface area contributed by atoms with Gasteiger partial charge in [0.25, 0.3) is 0 Å². The number of rotatable bonds is 3. The predicted octanol–water partition coefficient (Wildman–Crippen LogP) is 1.92. The van der Waals surface area contributed by atoms with Crippen molar-refractivity contribution in [2.24, 2.45) is 0 Å². The van der Waals surface area contributed by atoms with Crippen LogP contribution in [0.15, 0.2) is 30.3 Å². The molecule has 3 heterocycles. The molecule has 26 heavy (non-hydrogen) atoms. The van der Waals surface area contributed by atoms with Crippen LogP contribution in [0.25, 0.3) is 0 Å². The Labute approximate surface area is 154 Å². The minimum absolute atomic E-state index is 0.200. The van der Waals surface area contributed by atoms with Crippen LogP contribution >= 0.6 is 0 Å². The molecule has 3 fully saturated rings. The summed E-state index contributed by atoms with van der Waals surface area (Å²) in [6, 6.07) is 10.6. The summed E-state index contributed by atoms with van der Waals surface area (Å²) in [5.74, 6) is 0.730. The van der Waals surface area contributed by atoms with Gasteiger partial charge in [-0.15, -0.1) is 0 Å². The maximum Gasteiger partial charge on any atom is 0.410 e. The van der Waals surface area contributed by atoms with Crippen molar-refractivity contribution in [3.63, 3.8) is 0 Å². The second-order valence-electron chi connectivity index (χ2n) is 7.92. The third-order valence-electron chi connectivity index (χ3n) is 6.07. The Balaban J connectivity index is 1.27. The lowest BCUT2D eigenvalue weighted by Crippen LogP contribution is -2.50. The van der Waals surface area contributed by atoms with Crippen LogP contribution in [0.3, 0.4) is 0 Å². The molecule has 0 saturated carbocycles. The molecule has 6 nitrogen and oxygen atoms in total. The summed E-state index contributed by atoms with van der Waals surface area (Å²) in [6.07, 6.45) is 2.35. The minimum atomic E-state index is -0.380. The van der Waals surface area contributed by atoms with Crippen molar-refractivity contribution in [3.8, 4) is 0 Å². The van der Waals surface area contributed by atoms with Gasteiger partial charge in [0.1, 0.15) is 5.60 Å². The molecule has 1 unspecified atom stereocenters. The van der Waals surface area contributed by atoms with Gasteiger partial charge in [0.05, 0.1) is 13.1 Å². The van der Waals surface area contributed by atoms with Gasteiger partial charge >= 0.3 is 6.09 Å². The van der Waals surface area contributed by atoms with Crippen molar-refractivity contribution in [3.05, 3.63) is 35.9 Å². The number of carbonyl (C=O) groups excluding carboxylic acids is 2. The molecular formula is C20H27N3O3. The van der Waals surface area contributed by atoms with Gasteiger partial charge in [-0.25, -0.2) is 4.79 Å². The zero-order chi connectivity index (χ0) is 18.1. The van der Waals surface area contributed by atoms with Crippen LogP contribution in [-0.2, 0) is 9.53 Å². The number of carbonyl (C=O) groups is 2. The summed E-state index contributed by atoms with van der Waals surface area (Å²) in [6.45, 7) is 4.42.